The molecule has 2 heterocycles. The third kappa shape index (κ3) is 4.03. The molecule has 0 saturated heterocycles. The zero-order valence-corrected chi connectivity index (χ0v) is 18.5. The predicted octanol–water partition coefficient (Wildman–Crippen LogP) is 4.27. The summed E-state index contributed by atoms with van der Waals surface area (Å²) in [5, 5.41) is 14.2. The number of rotatable bonds is 4. The number of fused-ring (bicyclic) bond motifs is 3. The van der Waals surface area contributed by atoms with Crippen molar-refractivity contribution in [1.29, 1.82) is 0 Å². The summed E-state index contributed by atoms with van der Waals surface area (Å²) in [6.45, 7) is 5.97. The molecule has 7 nitrogen and oxygen atoms in total. The minimum Gasteiger partial charge on any atom is -0.444 e. The normalized spacial score (nSPS) is 14.9. The molecular formula is C21H26BrN4O3+. The molecule has 0 spiro atoms. The number of carbonyl (C=O) groups is 1. The quantitative estimate of drug-likeness (QED) is 0.449. The maximum absolute atomic E-state index is 12.0. The number of imidazole rings is 1. The van der Waals surface area contributed by atoms with Crippen molar-refractivity contribution in [3.05, 3.63) is 34.7 Å². The summed E-state index contributed by atoms with van der Waals surface area (Å²) in [5.74, 6) is 0.913. The minimum atomic E-state index is -0.523. The lowest BCUT2D eigenvalue weighted by molar-refractivity contribution is -0.883. The van der Waals surface area contributed by atoms with E-state index in [1.54, 1.807) is 6.20 Å². The fraction of sp³-hybridized carbons (Fsp3) is 0.476. The standard InChI is InChI=1S/C21H25BrN4O3/c1-21(2,3)29-20(27)23-10-9-18-24-16-12-25(28)17-11-13(22)7-8-15(17)19(16)26(18)14-5-4-6-14/h7-8,11-12,14H,4-6,9-10H2,1-3H3,(H-,23,27,28)/p+1. The molecule has 0 atom stereocenters. The van der Waals surface area contributed by atoms with E-state index in [1.165, 1.54) is 6.42 Å². The number of halogens is 1. The Morgan fingerprint density at radius 1 is 1.41 bits per heavy atom. The Morgan fingerprint density at radius 2 is 2.17 bits per heavy atom. The van der Waals surface area contributed by atoms with Crippen LogP contribution in [0.2, 0.25) is 0 Å². The number of hydrogen-bond acceptors (Lipinski definition) is 4. The van der Waals surface area contributed by atoms with Crippen LogP contribution in [0.25, 0.3) is 21.9 Å². The van der Waals surface area contributed by atoms with E-state index in [-0.39, 0.29) is 0 Å². The third-order valence-corrected chi connectivity index (χ3v) is 5.67. The summed E-state index contributed by atoms with van der Waals surface area (Å²) < 4.78 is 9.64. The predicted molar refractivity (Wildman–Crippen MR) is 113 cm³/mol. The first kappa shape index (κ1) is 19.9. The van der Waals surface area contributed by atoms with E-state index in [2.05, 4.69) is 25.8 Å². The molecular weight excluding hydrogens is 436 g/mol. The minimum absolute atomic E-state index is 0.401. The molecule has 1 aromatic carbocycles. The van der Waals surface area contributed by atoms with Crippen LogP contribution in [0.4, 0.5) is 4.79 Å². The number of nitrogens with zero attached hydrogens (tertiary/aromatic N) is 3. The van der Waals surface area contributed by atoms with Gasteiger partial charge in [0.2, 0.25) is 0 Å². The van der Waals surface area contributed by atoms with Gasteiger partial charge in [-0.15, -0.1) is 0 Å². The monoisotopic (exact) mass is 461 g/mol. The van der Waals surface area contributed by atoms with Gasteiger partial charge in [-0.05, 0) is 52.2 Å². The number of benzene rings is 1. The van der Waals surface area contributed by atoms with Gasteiger partial charge in [0.15, 0.2) is 5.52 Å². The number of nitrogens with one attached hydrogen (secondary N) is 1. The molecule has 1 aliphatic carbocycles. The molecule has 4 rings (SSSR count). The Kier molecular flexibility index (Phi) is 5.14. The molecule has 0 radical (unpaired) electrons. The Balaban J connectivity index is 1.69. The number of aromatic nitrogens is 3. The Labute approximate surface area is 177 Å². The van der Waals surface area contributed by atoms with Crippen molar-refractivity contribution in [1.82, 2.24) is 14.9 Å². The SMILES string of the molecule is CC(C)(C)OC(=O)NCCc1nc2c[n+](O)c3cc(Br)ccc3c2n1C1CCC1. The van der Waals surface area contributed by atoms with Crippen LogP contribution in [0.5, 0.6) is 0 Å². The highest BCUT2D eigenvalue weighted by Crippen LogP contribution is 2.37. The van der Waals surface area contributed by atoms with Gasteiger partial charge in [0.1, 0.15) is 11.4 Å². The molecule has 2 aromatic heterocycles. The van der Waals surface area contributed by atoms with Crippen molar-refractivity contribution in [2.24, 2.45) is 0 Å². The fourth-order valence-electron chi connectivity index (χ4n) is 3.74. The van der Waals surface area contributed by atoms with Crippen molar-refractivity contribution in [2.75, 3.05) is 6.54 Å². The van der Waals surface area contributed by atoms with Crippen LogP contribution >= 0.6 is 15.9 Å². The molecule has 154 valence electrons. The zero-order valence-electron chi connectivity index (χ0n) is 16.9. The lowest BCUT2D eigenvalue weighted by Crippen LogP contribution is -2.34. The molecule has 0 aliphatic heterocycles. The second-order valence-electron chi connectivity index (χ2n) is 8.53. The Morgan fingerprint density at radius 3 is 2.83 bits per heavy atom. The van der Waals surface area contributed by atoms with Crippen molar-refractivity contribution >= 4 is 44.0 Å². The molecule has 0 unspecified atom stereocenters. The van der Waals surface area contributed by atoms with Gasteiger partial charge in [0.05, 0.1) is 10.9 Å². The molecule has 3 aromatic rings. The zero-order chi connectivity index (χ0) is 20.8. The van der Waals surface area contributed by atoms with E-state index in [9.17, 15) is 10.0 Å². The average molecular weight is 462 g/mol. The second kappa shape index (κ2) is 7.48. The summed E-state index contributed by atoms with van der Waals surface area (Å²) in [6.07, 6.45) is 5.26. The van der Waals surface area contributed by atoms with Gasteiger partial charge in [-0.25, -0.2) is 9.78 Å². The van der Waals surface area contributed by atoms with E-state index >= 15 is 0 Å². The van der Waals surface area contributed by atoms with E-state index in [0.29, 0.717) is 19.0 Å². The van der Waals surface area contributed by atoms with Crippen LogP contribution in [0.1, 0.15) is 51.9 Å². The highest BCUT2D eigenvalue weighted by Gasteiger charge is 2.28. The number of ether oxygens (including phenoxy) is 1. The largest absolute Gasteiger partial charge is 0.444 e. The summed E-state index contributed by atoms with van der Waals surface area (Å²) in [7, 11) is 0. The molecule has 1 aliphatic rings. The molecule has 2 N–H and O–H groups in total. The summed E-state index contributed by atoms with van der Waals surface area (Å²) in [6, 6.07) is 6.28. The van der Waals surface area contributed by atoms with Crippen LogP contribution in [-0.4, -0.2) is 33.0 Å². The van der Waals surface area contributed by atoms with Gasteiger partial charge in [-0.1, -0.05) is 15.9 Å². The van der Waals surface area contributed by atoms with Gasteiger partial charge in [-0.3, -0.25) is 5.21 Å². The molecule has 1 fully saturated rings. The van der Waals surface area contributed by atoms with Crippen LogP contribution < -0.4 is 10.0 Å². The lowest BCUT2D eigenvalue weighted by Gasteiger charge is -2.29. The smallest absolute Gasteiger partial charge is 0.407 e. The van der Waals surface area contributed by atoms with Crippen molar-refractivity contribution in [3.8, 4) is 0 Å². The van der Waals surface area contributed by atoms with Crippen molar-refractivity contribution < 1.29 is 19.5 Å². The second-order valence-corrected chi connectivity index (χ2v) is 9.45. The molecule has 0 bridgehead atoms. The van der Waals surface area contributed by atoms with Crippen molar-refractivity contribution in [2.45, 2.75) is 58.1 Å². The van der Waals surface area contributed by atoms with Crippen LogP contribution in [0.15, 0.2) is 28.9 Å². The first-order valence-electron chi connectivity index (χ1n) is 9.94. The van der Waals surface area contributed by atoms with Gasteiger partial charge in [0.25, 0.3) is 11.7 Å². The Hall–Kier alpha value is -2.35. The number of carbonyl (C=O) groups excluding carboxylic acids is 1. The molecule has 1 amide bonds. The van der Waals surface area contributed by atoms with Crippen molar-refractivity contribution in [3.63, 3.8) is 0 Å². The lowest BCUT2D eigenvalue weighted by atomic mass is 9.92. The summed E-state index contributed by atoms with van der Waals surface area (Å²) in [4.78, 5) is 16.8. The first-order valence-corrected chi connectivity index (χ1v) is 10.7. The highest BCUT2D eigenvalue weighted by molar-refractivity contribution is 9.10. The van der Waals surface area contributed by atoms with E-state index in [0.717, 1.165) is 49.8 Å². The fourth-order valence-corrected chi connectivity index (χ4v) is 4.09. The maximum atomic E-state index is 12.0. The molecule has 1 saturated carbocycles. The summed E-state index contributed by atoms with van der Waals surface area (Å²) in [5.41, 5.74) is 1.99. The average Bonchev–Trinajstić information content (AvgIpc) is 2.90. The van der Waals surface area contributed by atoms with Gasteiger partial charge in [-0.2, -0.15) is 0 Å². The number of amides is 1. The summed E-state index contributed by atoms with van der Waals surface area (Å²) >= 11 is 3.48. The van der Waals surface area contributed by atoms with Crippen LogP contribution in [0.3, 0.4) is 0 Å². The van der Waals surface area contributed by atoms with E-state index in [1.807, 2.05) is 39.0 Å². The van der Waals surface area contributed by atoms with Gasteiger partial charge in [0, 0.05) is 34.3 Å². The Bertz CT molecular complexity index is 1080. The number of hydrogen-bond donors (Lipinski definition) is 2. The molecule has 29 heavy (non-hydrogen) atoms. The van der Waals surface area contributed by atoms with Crippen LogP contribution in [-0.2, 0) is 11.2 Å². The number of pyridine rings is 1. The van der Waals surface area contributed by atoms with E-state index < -0.39 is 11.7 Å². The van der Waals surface area contributed by atoms with E-state index in [4.69, 9.17) is 9.72 Å². The highest BCUT2D eigenvalue weighted by atomic mass is 79.9. The first-order chi connectivity index (χ1) is 13.7. The van der Waals surface area contributed by atoms with Crippen LogP contribution in [0, 0.1) is 0 Å². The third-order valence-electron chi connectivity index (χ3n) is 5.17. The topological polar surface area (TPSA) is 80.3 Å². The van der Waals surface area contributed by atoms with Gasteiger partial charge < -0.3 is 14.6 Å². The number of alkyl carbamates (subject to hydrolysis) is 1. The molecule has 8 heteroatoms. The van der Waals surface area contributed by atoms with Gasteiger partial charge >= 0.3 is 6.09 Å². The maximum Gasteiger partial charge on any atom is 0.407 e.